The molecule has 0 unspecified atom stereocenters. The molecule has 1 aromatic rings. The van der Waals surface area contributed by atoms with Gasteiger partial charge in [0.25, 0.3) is 0 Å². The maximum atomic E-state index is 13.7. The van der Waals surface area contributed by atoms with E-state index in [4.69, 9.17) is 14.1 Å². The van der Waals surface area contributed by atoms with Gasteiger partial charge < -0.3 is 34.9 Å². The molecule has 0 aromatic heterocycles. The number of carbonyl (C=O) groups excluding carboxylic acids is 3. The summed E-state index contributed by atoms with van der Waals surface area (Å²) in [6, 6.07) is 3.54. The van der Waals surface area contributed by atoms with Crippen molar-refractivity contribution in [1.29, 1.82) is 0 Å². The van der Waals surface area contributed by atoms with Gasteiger partial charge in [0, 0.05) is 35.4 Å². The van der Waals surface area contributed by atoms with Gasteiger partial charge in [-0.3, -0.25) is 9.59 Å². The summed E-state index contributed by atoms with van der Waals surface area (Å²) in [4.78, 5) is 39.6. The molecule has 3 saturated carbocycles. The summed E-state index contributed by atoms with van der Waals surface area (Å²) in [5, 5.41) is 28.1. The zero-order chi connectivity index (χ0) is 33.8. The predicted octanol–water partition coefficient (Wildman–Crippen LogP) is 4.25. The van der Waals surface area contributed by atoms with E-state index in [0.717, 1.165) is 30.4 Å². The summed E-state index contributed by atoms with van der Waals surface area (Å²) in [7, 11) is -1.12. The average molecular weight is 639 g/mol. The van der Waals surface area contributed by atoms with Gasteiger partial charge in [-0.1, -0.05) is 33.8 Å². The van der Waals surface area contributed by atoms with Gasteiger partial charge in [-0.25, -0.2) is 4.79 Å². The number of alkyl carbamates (subject to hydrolysis) is 1. The van der Waals surface area contributed by atoms with Crippen LogP contribution in [-0.2, 0) is 36.9 Å². The highest BCUT2D eigenvalue weighted by Gasteiger charge is 2.68. The third-order valence-electron chi connectivity index (χ3n) is 11.9. The molecule has 11 heteroatoms. The Balaban J connectivity index is 1.37. The smallest absolute Gasteiger partial charge is 0.460 e. The SMILES string of the molecule is C=C[C@]1(C)C[C@@H](OC(=O)CNc2cc(CNC(=O)OC(C)(C)C)c3c(c2)B(O)OC3)[C@]2(C)[C@H](C)CC[C@]3(CCC(=O)[C@H]32)[C@@H](C)[C@@H]1O. The third-order valence-corrected chi connectivity index (χ3v) is 11.9. The van der Waals surface area contributed by atoms with Gasteiger partial charge >= 0.3 is 19.2 Å². The fourth-order valence-electron chi connectivity index (χ4n) is 9.02. The van der Waals surface area contributed by atoms with Crippen LogP contribution in [-0.4, -0.2) is 59.4 Å². The largest absolute Gasteiger partial charge is 0.491 e. The minimum absolute atomic E-state index is 0.102. The second-order valence-corrected chi connectivity index (χ2v) is 15.6. The Hall–Kier alpha value is -2.89. The van der Waals surface area contributed by atoms with Crippen molar-refractivity contribution in [3.63, 3.8) is 0 Å². The number of nitrogens with one attached hydrogen (secondary N) is 2. The minimum atomic E-state index is -1.12. The average Bonchev–Trinajstić information content (AvgIpc) is 3.54. The van der Waals surface area contributed by atoms with Crippen LogP contribution >= 0.6 is 0 Å². The molecule has 0 spiro atoms. The number of benzene rings is 1. The Morgan fingerprint density at radius 1 is 1.22 bits per heavy atom. The number of aliphatic hydroxyl groups excluding tert-OH is 1. The number of Topliss-reactive ketones (excluding diaryl/α,β-unsaturated/α-hetero) is 1. The van der Waals surface area contributed by atoms with Crippen molar-refractivity contribution < 1.29 is 38.6 Å². The first-order valence-corrected chi connectivity index (χ1v) is 16.6. The lowest BCUT2D eigenvalue weighted by molar-refractivity contribution is -0.205. The highest BCUT2D eigenvalue weighted by molar-refractivity contribution is 6.61. The van der Waals surface area contributed by atoms with Crippen molar-refractivity contribution in [2.24, 2.45) is 34.0 Å². The second-order valence-electron chi connectivity index (χ2n) is 15.6. The number of ether oxygens (including phenoxy) is 2. The van der Waals surface area contributed by atoms with Crippen LogP contribution in [0.25, 0.3) is 0 Å². The van der Waals surface area contributed by atoms with E-state index < -0.39 is 47.8 Å². The van der Waals surface area contributed by atoms with Gasteiger partial charge in [-0.15, -0.1) is 6.58 Å². The van der Waals surface area contributed by atoms with Crippen LogP contribution in [0.2, 0.25) is 0 Å². The van der Waals surface area contributed by atoms with Crippen molar-refractivity contribution in [2.75, 3.05) is 11.9 Å². The van der Waals surface area contributed by atoms with Crippen LogP contribution < -0.4 is 16.1 Å². The van der Waals surface area contributed by atoms with Crippen molar-refractivity contribution in [3.8, 4) is 0 Å². The number of amides is 1. The monoisotopic (exact) mass is 638 g/mol. The predicted molar refractivity (Wildman–Crippen MR) is 175 cm³/mol. The summed E-state index contributed by atoms with van der Waals surface area (Å²) in [5.74, 6) is -0.545. The van der Waals surface area contributed by atoms with Crippen LogP contribution in [0.4, 0.5) is 10.5 Å². The van der Waals surface area contributed by atoms with E-state index in [-0.39, 0.29) is 48.6 Å². The molecule has 0 saturated heterocycles. The van der Waals surface area contributed by atoms with Crippen LogP contribution in [0, 0.1) is 34.0 Å². The fraction of sp³-hybridized carbons (Fsp3) is 0.686. The third kappa shape index (κ3) is 5.99. The van der Waals surface area contributed by atoms with Crippen LogP contribution in [0.3, 0.4) is 0 Å². The molecule has 1 amide bonds. The molecule has 3 fully saturated rings. The maximum Gasteiger partial charge on any atom is 0.491 e. The molecule has 252 valence electrons. The molecule has 4 aliphatic rings. The first-order valence-electron chi connectivity index (χ1n) is 16.6. The number of carbonyl (C=O) groups is 3. The van der Waals surface area contributed by atoms with Gasteiger partial charge in [0.15, 0.2) is 0 Å². The van der Waals surface area contributed by atoms with E-state index in [9.17, 15) is 24.5 Å². The Labute approximate surface area is 273 Å². The van der Waals surface area contributed by atoms with Crippen LogP contribution in [0.1, 0.15) is 91.7 Å². The number of rotatable bonds is 7. The zero-order valence-electron chi connectivity index (χ0n) is 28.4. The van der Waals surface area contributed by atoms with Crippen LogP contribution in [0.5, 0.6) is 0 Å². The van der Waals surface area contributed by atoms with Gasteiger partial charge in [-0.2, -0.15) is 0 Å². The molecule has 8 atom stereocenters. The Morgan fingerprint density at radius 3 is 2.61 bits per heavy atom. The van der Waals surface area contributed by atoms with Crippen molar-refractivity contribution >= 4 is 36.1 Å². The van der Waals surface area contributed by atoms with E-state index in [1.807, 2.05) is 13.0 Å². The van der Waals surface area contributed by atoms with E-state index in [0.29, 0.717) is 24.0 Å². The number of anilines is 1. The Bertz CT molecular complexity index is 1400. The number of hydrogen-bond acceptors (Lipinski definition) is 9. The molecule has 0 radical (unpaired) electrons. The van der Waals surface area contributed by atoms with E-state index in [1.54, 1.807) is 32.9 Å². The summed E-state index contributed by atoms with van der Waals surface area (Å²) in [6.07, 6.45) is 3.22. The van der Waals surface area contributed by atoms with Gasteiger partial charge in [0.2, 0.25) is 0 Å². The number of aliphatic hydroxyl groups is 1. The lowest BCUT2D eigenvalue weighted by atomic mass is 9.44. The molecule has 3 aliphatic carbocycles. The van der Waals surface area contributed by atoms with Gasteiger partial charge in [0.1, 0.15) is 24.0 Å². The second kappa shape index (κ2) is 12.3. The van der Waals surface area contributed by atoms with Gasteiger partial charge in [0.05, 0.1) is 12.7 Å². The fourth-order valence-corrected chi connectivity index (χ4v) is 9.02. The number of fused-ring (bicyclic) bond motifs is 1. The number of hydrogen-bond donors (Lipinski definition) is 4. The molecule has 4 N–H and O–H groups in total. The summed E-state index contributed by atoms with van der Waals surface area (Å²) < 4.78 is 17.1. The molecule has 1 heterocycles. The number of ketones is 1. The Morgan fingerprint density at radius 2 is 1.93 bits per heavy atom. The molecular weight excluding hydrogens is 587 g/mol. The minimum Gasteiger partial charge on any atom is -0.460 e. The maximum absolute atomic E-state index is 13.7. The normalized spacial score (nSPS) is 35.4. The summed E-state index contributed by atoms with van der Waals surface area (Å²) >= 11 is 0. The van der Waals surface area contributed by atoms with Crippen molar-refractivity contribution in [3.05, 3.63) is 35.9 Å². The molecule has 1 aliphatic heterocycles. The lowest BCUT2D eigenvalue weighted by Crippen LogP contribution is -2.63. The van der Waals surface area contributed by atoms with E-state index >= 15 is 0 Å². The van der Waals surface area contributed by atoms with Crippen molar-refractivity contribution in [1.82, 2.24) is 5.32 Å². The molecule has 2 bridgehead atoms. The Kier molecular flexibility index (Phi) is 9.20. The van der Waals surface area contributed by atoms with Crippen LogP contribution in [0.15, 0.2) is 24.8 Å². The van der Waals surface area contributed by atoms with Gasteiger partial charge in [-0.05, 0) is 92.4 Å². The quantitative estimate of drug-likeness (QED) is 0.196. The zero-order valence-corrected chi connectivity index (χ0v) is 28.4. The summed E-state index contributed by atoms with van der Waals surface area (Å²) in [5.41, 5.74) is 0.297. The highest BCUT2D eigenvalue weighted by atomic mass is 16.6. The topological polar surface area (TPSA) is 143 Å². The van der Waals surface area contributed by atoms with E-state index in [2.05, 4.69) is 38.0 Å². The standard InChI is InChI=1S/C35H51BN2O8/c1-9-33(7)16-27(34(8)20(2)10-12-35(21(3)30(33)41)13-11-26(39)29(34)35)45-28(40)18-37-23-14-22(17-38-31(42)46-32(4,5)6)24-19-44-36(43)25(24)15-23/h9,14-15,20-21,27,29-30,37,41,43H,1,10-13,16-19H2,2-8H3,(H,38,42)/t20-,21+,27-,29+,30+,33-,34+,35+/m1/s1. The summed E-state index contributed by atoms with van der Waals surface area (Å²) in [6.45, 7) is 17.9. The molecular formula is C35H51BN2O8. The van der Waals surface area contributed by atoms with Crippen molar-refractivity contribution in [2.45, 2.75) is 112 Å². The highest BCUT2D eigenvalue weighted by Crippen LogP contribution is 2.68. The lowest BCUT2D eigenvalue weighted by Gasteiger charge is -2.61. The first kappa shape index (κ1) is 34.4. The molecule has 10 nitrogen and oxygen atoms in total. The molecule has 5 rings (SSSR count). The first-order chi connectivity index (χ1) is 21.4. The van der Waals surface area contributed by atoms with E-state index in [1.165, 1.54) is 0 Å². The molecule has 1 aromatic carbocycles. The number of esters is 1. The molecule has 46 heavy (non-hydrogen) atoms.